The molecule has 0 aliphatic rings. The zero-order valence-electron chi connectivity index (χ0n) is 10.7. The van der Waals surface area contributed by atoms with Crippen molar-refractivity contribution in [1.29, 1.82) is 0 Å². The number of nitrogens with zero attached hydrogens (tertiary/aromatic N) is 1. The average Bonchev–Trinajstić information content (AvgIpc) is 2.45. The van der Waals surface area contributed by atoms with Gasteiger partial charge in [0, 0.05) is 11.4 Å². The van der Waals surface area contributed by atoms with Gasteiger partial charge >= 0.3 is 0 Å². The van der Waals surface area contributed by atoms with E-state index in [1.807, 2.05) is 12.1 Å². The van der Waals surface area contributed by atoms with Crippen LogP contribution in [0.15, 0.2) is 40.9 Å². The molecule has 2 aromatic carbocycles. The maximum atomic E-state index is 13.2. The van der Waals surface area contributed by atoms with Crippen molar-refractivity contribution in [1.82, 2.24) is 0 Å². The van der Waals surface area contributed by atoms with E-state index in [2.05, 4.69) is 31.9 Å². The molecule has 2 aromatic rings. The first kappa shape index (κ1) is 15.9. The summed E-state index contributed by atoms with van der Waals surface area (Å²) in [5.74, 6) is 0.00571. The molecule has 0 spiro atoms. The summed E-state index contributed by atoms with van der Waals surface area (Å²) in [4.78, 5) is 10.4. The quantitative estimate of drug-likeness (QED) is 0.391. The molecule has 0 aliphatic carbocycles. The van der Waals surface area contributed by atoms with E-state index in [1.54, 1.807) is 6.07 Å². The molecule has 0 amide bonds. The van der Waals surface area contributed by atoms with Gasteiger partial charge in [0.05, 0.1) is 15.0 Å². The molecule has 0 fully saturated rings. The molecule has 110 valence electrons. The molecule has 0 heterocycles. The van der Waals surface area contributed by atoms with Crippen LogP contribution in [-0.4, -0.2) is 4.92 Å². The second kappa shape index (κ2) is 7.00. The molecule has 0 aromatic heterocycles. The topological polar surface area (TPSA) is 52.4 Å². The van der Waals surface area contributed by atoms with Crippen LogP contribution in [0.1, 0.15) is 11.1 Å². The molecular weight excluding hydrogens is 409 g/mol. The minimum Gasteiger partial charge on any atom is -0.487 e. The summed E-state index contributed by atoms with van der Waals surface area (Å²) in [6.45, 7) is -0.0830. The predicted octanol–water partition coefficient (Wildman–Crippen LogP) is 4.97. The number of ether oxygens (including phenoxy) is 1. The average molecular weight is 419 g/mol. The third kappa shape index (κ3) is 4.01. The van der Waals surface area contributed by atoms with Crippen LogP contribution in [0.3, 0.4) is 0 Å². The van der Waals surface area contributed by atoms with Gasteiger partial charge in [0.1, 0.15) is 18.2 Å². The maximum Gasteiger partial charge on any atom is 0.276 e. The number of rotatable bonds is 5. The van der Waals surface area contributed by atoms with Gasteiger partial charge in [-0.3, -0.25) is 10.1 Å². The van der Waals surface area contributed by atoms with Gasteiger partial charge in [-0.15, -0.1) is 0 Å². The Labute approximate surface area is 137 Å². The first-order valence-corrected chi connectivity index (χ1v) is 7.82. The lowest BCUT2D eigenvalue weighted by Gasteiger charge is -2.09. The van der Waals surface area contributed by atoms with Crippen molar-refractivity contribution in [3.8, 4) is 5.75 Å². The van der Waals surface area contributed by atoms with E-state index in [4.69, 9.17) is 4.74 Å². The standard InChI is InChI=1S/C14H10Br2FNO3/c15-7-9-1-4-14(12(16)5-9)21-8-10-6-11(17)2-3-13(10)18(19)20/h1-6H,7-8H2. The fourth-order valence-corrected chi connectivity index (χ4v) is 2.64. The van der Waals surface area contributed by atoms with Crippen LogP contribution in [0.5, 0.6) is 5.75 Å². The summed E-state index contributed by atoms with van der Waals surface area (Å²) in [6.07, 6.45) is 0. The molecular formula is C14H10Br2FNO3. The van der Waals surface area contributed by atoms with Gasteiger partial charge in [-0.25, -0.2) is 4.39 Å². The summed E-state index contributed by atoms with van der Waals surface area (Å²) < 4.78 is 19.5. The highest BCUT2D eigenvalue weighted by molar-refractivity contribution is 9.10. The van der Waals surface area contributed by atoms with E-state index >= 15 is 0 Å². The highest BCUT2D eigenvalue weighted by atomic mass is 79.9. The molecule has 4 nitrogen and oxygen atoms in total. The van der Waals surface area contributed by atoms with Gasteiger partial charge in [-0.2, -0.15) is 0 Å². The van der Waals surface area contributed by atoms with Gasteiger partial charge in [-0.1, -0.05) is 22.0 Å². The van der Waals surface area contributed by atoms with Crippen LogP contribution >= 0.6 is 31.9 Å². The normalized spacial score (nSPS) is 10.4. The van der Waals surface area contributed by atoms with E-state index in [1.165, 1.54) is 0 Å². The number of nitro groups is 1. The Morgan fingerprint density at radius 1 is 1.24 bits per heavy atom. The molecule has 0 saturated heterocycles. The highest BCUT2D eigenvalue weighted by Crippen LogP contribution is 2.29. The van der Waals surface area contributed by atoms with E-state index in [9.17, 15) is 14.5 Å². The summed E-state index contributed by atoms with van der Waals surface area (Å²) >= 11 is 6.72. The predicted molar refractivity (Wildman–Crippen MR) is 84.2 cm³/mol. The van der Waals surface area contributed by atoms with Gasteiger partial charge in [0.2, 0.25) is 0 Å². The maximum absolute atomic E-state index is 13.2. The Morgan fingerprint density at radius 2 is 2.00 bits per heavy atom. The van der Waals surface area contributed by atoms with Crippen LogP contribution in [-0.2, 0) is 11.9 Å². The molecule has 21 heavy (non-hydrogen) atoms. The third-order valence-electron chi connectivity index (χ3n) is 2.77. The lowest BCUT2D eigenvalue weighted by Crippen LogP contribution is -2.02. The fourth-order valence-electron chi connectivity index (χ4n) is 1.75. The Balaban J connectivity index is 2.20. The van der Waals surface area contributed by atoms with E-state index < -0.39 is 10.7 Å². The Morgan fingerprint density at radius 3 is 2.62 bits per heavy atom. The Kier molecular flexibility index (Phi) is 5.30. The second-order valence-corrected chi connectivity index (χ2v) is 5.63. The molecule has 0 atom stereocenters. The van der Waals surface area contributed by atoms with Gasteiger partial charge in [-0.05, 0) is 45.8 Å². The number of alkyl halides is 1. The lowest BCUT2D eigenvalue weighted by molar-refractivity contribution is -0.385. The molecule has 0 N–H and O–H groups in total. The summed E-state index contributed by atoms with van der Waals surface area (Å²) in [7, 11) is 0. The van der Waals surface area contributed by atoms with Crippen molar-refractivity contribution in [3.63, 3.8) is 0 Å². The molecule has 0 radical (unpaired) electrons. The van der Waals surface area contributed by atoms with Crippen molar-refractivity contribution in [2.45, 2.75) is 11.9 Å². The van der Waals surface area contributed by atoms with Crippen molar-refractivity contribution < 1.29 is 14.1 Å². The number of benzene rings is 2. The van der Waals surface area contributed by atoms with Crippen molar-refractivity contribution in [3.05, 3.63) is 67.9 Å². The van der Waals surface area contributed by atoms with Crippen LogP contribution < -0.4 is 4.74 Å². The fraction of sp³-hybridized carbons (Fsp3) is 0.143. The minimum atomic E-state index is -0.554. The van der Waals surface area contributed by atoms with Crippen LogP contribution in [0.4, 0.5) is 10.1 Å². The number of nitro benzene ring substituents is 1. The van der Waals surface area contributed by atoms with E-state index in [0.717, 1.165) is 28.2 Å². The van der Waals surface area contributed by atoms with Gasteiger partial charge in [0.15, 0.2) is 0 Å². The smallest absolute Gasteiger partial charge is 0.276 e. The summed E-state index contributed by atoms with van der Waals surface area (Å²) in [5, 5.41) is 11.6. The van der Waals surface area contributed by atoms with E-state index in [-0.39, 0.29) is 17.9 Å². The minimum absolute atomic E-state index is 0.0830. The van der Waals surface area contributed by atoms with Crippen molar-refractivity contribution in [2.75, 3.05) is 0 Å². The summed E-state index contributed by atoms with van der Waals surface area (Å²) in [5.41, 5.74) is 1.09. The SMILES string of the molecule is O=[N+]([O-])c1ccc(F)cc1COc1ccc(CBr)cc1Br. The molecule has 0 aliphatic heterocycles. The largest absolute Gasteiger partial charge is 0.487 e. The third-order valence-corrected chi connectivity index (χ3v) is 4.04. The molecule has 2 rings (SSSR count). The Hall–Kier alpha value is -1.47. The zero-order chi connectivity index (χ0) is 15.4. The van der Waals surface area contributed by atoms with Gasteiger partial charge in [0.25, 0.3) is 5.69 Å². The number of halogens is 3. The first-order chi connectivity index (χ1) is 10.0. The molecule has 7 heteroatoms. The number of hydrogen-bond donors (Lipinski definition) is 0. The number of hydrogen-bond acceptors (Lipinski definition) is 3. The van der Waals surface area contributed by atoms with Crippen LogP contribution in [0.2, 0.25) is 0 Å². The zero-order valence-corrected chi connectivity index (χ0v) is 13.9. The van der Waals surface area contributed by atoms with E-state index in [0.29, 0.717) is 11.1 Å². The molecule has 0 unspecified atom stereocenters. The highest BCUT2D eigenvalue weighted by Gasteiger charge is 2.15. The molecule has 0 bridgehead atoms. The van der Waals surface area contributed by atoms with Gasteiger partial charge < -0.3 is 4.74 Å². The van der Waals surface area contributed by atoms with Crippen molar-refractivity contribution >= 4 is 37.5 Å². The second-order valence-electron chi connectivity index (χ2n) is 4.22. The molecule has 0 saturated carbocycles. The first-order valence-electron chi connectivity index (χ1n) is 5.91. The van der Waals surface area contributed by atoms with Crippen molar-refractivity contribution in [2.24, 2.45) is 0 Å². The lowest BCUT2D eigenvalue weighted by atomic mass is 10.2. The monoisotopic (exact) mass is 417 g/mol. The Bertz CT molecular complexity index is 679. The van der Waals surface area contributed by atoms with Crippen LogP contribution in [0, 0.1) is 15.9 Å². The van der Waals surface area contributed by atoms with Crippen LogP contribution in [0.25, 0.3) is 0 Å². The summed E-state index contributed by atoms with van der Waals surface area (Å²) in [6, 6.07) is 8.81.